The zero-order valence-corrected chi connectivity index (χ0v) is 14.1. The van der Waals surface area contributed by atoms with Gasteiger partial charge in [-0.2, -0.15) is 0 Å². The molecular weight excluding hydrogens is 242 g/mol. The Bertz CT molecular complexity index is 427. The maximum absolute atomic E-state index is 3.81. The van der Waals surface area contributed by atoms with Gasteiger partial charge in [-0.1, -0.05) is 64.4 Å². The lowest BCUT2D eigenvalue weighted by Crippen LogP contribution is -2.36. The van der Waals surface area contributed by atoms with Crippen molar-refractivity contribution in [1.29, 1.82) is 0 Å². The average molecular weight is 273 g/mol. The smallest absolute Gasteiger partial charge is 0.0146 e. The van der Waals surface area contributed by atoms with Crippen LogP contribution in [-0.2, 0) is 6.42 Å². The van der Waals surface area contributed by atoms with Crippen molar-refractivity contribution in [2.45, 2.75) is 60.4 Å². The Morgan fingerprint density at radius 2 is 1.60 bits per heavy atom. The van der Waals surface area contributed by atoms with Gasteiger partial charge < -0.3 is 5.32 Å². The van der Waals surface area contributed by atoms with E-state index in [0.29, 0.717) is 16.9 Å². The second-order valence-electron chi connectivity index (χ2n) is 7.67. The molecule has 2 rings (SSSR count). The highest BCUT2D eigenvalue weighted by Crippen LogP contribution is 2.69. The number of benzene rings is 1. The lowest BCUT2D eigenvalue weighted by molar-refractivity contribution is 0.395. The van der Waals surface area contributed by atoms with Gasteiger partial charge in [-0.15, -0.1) is 0 Å². The van der Waals surface area contributed by atoms with Gasteiger partial charge in [0.1, 0.15) is 0 Å². The summed E-state index contributed by atoms with van der Waals surface area (Å²) in [6, 6.07) is 9.64. The summed E-state index contributed by atoms with van der Waals surface area (Å²) in [6.45, 7) is 15.2. The Morgan fingerprint density at radius 1 is 1.05 bits per heavy atom. The summed E-state index contributed by atoms with van der Waals surface area (Å²) in [5, 5.41) is 3.81. The van der Waals surface area contributed by atoms with Crippen LogP contribution in [0.25, 0.3) is 0 Å². The molecule has 0 amide bonds. The van der Waals surface area contributed by atoms with Gasteiger partial charge in [0.2, 0.25) is 0 Å². The Balaban J connectivity index is 2.11. The molecule has 1 aromatic rings. The van der Waals surface area contributed by atoms with Crippen molar-refractivity contribution in [1.82, 2.24) is 5.32 Å². The van der Waals surface area contributed by atoms with E-state index in [9.17, 15) is 0 Å². The van der Waals surface area contributed by atoms with Gasteiger partial charge in [-0.3, -0.25) is 0 Å². The Hall–Kier alpha value is -0.820. The van der Waals surface area contributed by atoms with E-state index in [0.717, 1.165) is 18.9 Å². The molecule has 0 aromatic heterocycles. The molecule has 0 radical (unpaired) electrons. The van der Waals surface area contributed by atoms with Crippen LogP contribution in [0.4, 0.5) is 0 Å². The number of hydrogen-bond donors (Lipinski definition) is 1. The van der Waals surface area contributed by atoms with Gasteiger partial charge in [0.25, 0.3) is 0 Å². The molecule has 1 heteroatoms. The molecule has 0 spiro atoms. The van der Waals surface area contributed by atoms with Crippen LogP contribution in [0.15, 0.2) is 24.3 Å². The van der Waals surface area contributed by atoms with Gasteiger partial charge in [-0.05, 0) is 48.6 Å². The first-order chi connectivity index (χ1) is 9.30. The van der Waals surface area contributed by atoms with E-state index in [1.165, 1.54) is 17.5 Å². The standard InChI is InChI=1S/C19H31N/c1-7-12-20-16(17-18(3,4)19(17,5)6)13-15-10-8-14(2)9-11-15/h8-11,16-17,20H,7,12-13H2,1-6H3. The van der Waals surface area contributed by atoms with E-state index in [4.69, 9.17) is 0 Å². The van der Waals surface area contributed by atoms with Crippen molar-refractivity contribution in [2.24, 2.45) is 16.7 Å². The molecule has 1 aromatic carbocycles. The molecule has 1 aliphatic rings. The first kappa shape index (κ1) is 15.6. The Kier molecular flexibility index (Phi) is 4.30. The van der Waals surface area contributed by atoms with Crippen LogP contribution in [0.2, 0.25) is 0 Å². The first-order valence-corrected chi connectivity index (χ1v) is 8.09. The van der Waals surface area contributed by atoms with Crippen LogP contribution in [-0.4, -0.2) is 12.6 Å². The van der Waals surface area contributed by atoms with Gasteiger partial charge in [-0.25, -0.2) is 0 Å². The third kappa shape index (κ3) is 2.79. The highest BCUT2D eigenvalue weighted by atomic mass is 15.0. The normalized spacial score (nSPS) is 21.7. The monoisotopic (exact) mass is 273 g/mol. The molecular formula is C19H31N. The third-order valence-corrected chi connectivity index (χ3v) is 5.77. The lowest BCUT2D eigenvalue weighted by Gasteiger charge is -2.21. The second kappa shape index (κ2) is 5.52. The molecule has 0 bridgehead atoms. The van der Waals surface area contributed by atoms with Crippen molar-refractivity contribution >= 4 is 0 Å². The van der Waals surface area contributed by atoms with Crippen LogP contribution < -0.4 is 5.32 Å². The van der Waals surface area contributed by atoms with Crippen molar-refractivity contribution in [2.75, 3.05) is 6.54 Å². The Morgan fingerprint density at radius 3 is 2.05 bits per heavy atom. The van der Waals surface area contributed by atoms with Crippen LogP contribution in [0.1, 0.15) is 52.2 Å². The molecule has 1 N–H and O–H groups in total. The second-order valence-corrected chi connectivity index (χ2v) is 7.67. The van der Waals surface area contributed by atoms with E-state index in [1.807, 2.05) is 0 Å². The molecule has 1 nitrogen and oxygen atoms in total. The van der Waals surface area contributed by atoms with Crippen LogP contribution in [0.5, 0.6) is 0 Å². The van der Waals surface area contributed by atoms with Crippen molar-refractivity contribution in [3.8, 4) is 0 Å². The summed E-state index contributed by atoms with van der Waals surface area (Å²) >= 11 is 0. The van der Waals surface area contributed by atoms with Gasteiger partial charge in [0.15, 0.2) is 0 Å². The summed E-state index contributed by atoms with van der Waals surface area (Å²) in [4.78, 5) is 0. The molecule has 1 saturated carbocycles. The average Bonchev–Trinajstić information content (AvgIpc) is 2.78. The molecule has 0 aliphatic heterocycles. The topological polar surface area (TPSA) is 12.0 Å². The van der Waals surface area contributed by atoms with E-state index < -0.39 is 0 Å². The lowest BCUT2D eigenvalue weighted by atomic mass is 9.96. The maximum atomic E-state index is 3.81. The van der Waals surface area contributed by atoms with Crippen LogP contribution >= 0.6 is 0 Å². The van der Waals surface area contributed by atoms with Crippen molar-refractivity contribution < 1.29 is 0 Å². The molecule has 112 valence electrons. The van der Waals surface area contributed by atoms with E-state index >= 15 is 0 Å². The SMILES string of the molecule is CCCNC(Cc1ccc(C)cc1)C1C(C)(C)C1(C)C. The molecule has 20 heavy (non-hydrogen) atoms. The summed E-state index contributed by atoms with van der Waals surface area (Å²) in [5.41, 5.74) is 3.70. The predicted molar refractivity (Wildman–Crippen MR) is 88.0 cm³/mol. The number of rotatable bonds is 6. The Labute approximate surface area is 125 Å². The minimum absolute atomic E-state index is 0.448. The molecule has 0 heterocycles. The maximum Gasteiger partial charge on any atom is 0.0146 e. The number of nitrogens with one attached hydrogen (secondary N) is 1. The van der Waals surface area contributed by atoms with E-state index in [2.05, 4.69) is 71.1 Å². The molecule has 0 saturated heterocycles. The molecule has 1 atom stereocenters. The summed E-state index contributed by atoms with van der Waals surface area (Å²) in [7, 11) is 0. The number of aryl methyl sites for hydroxylation is 1. The first-order valence-electron chi connectivity index (χ1n) is 8.09. The minimum Gasteiger partial charge on any atom is -0.313 e. The summed E-state index contributed by atoms with van der Waals surface area (Å²) < 4.78 is 0. The van der Waals surface area contributed by atoms with Crippen LogP contribution in [0, 0.1) is 23.7 Å². The third-order valence-electron chi connectivity index (χ3n) is 5.77. The van der Waals surface area contributed by atoms with Gasteiger partial charge >= 0.3 is 0 Å². The number of hydrogen-bond acceptors (Lipinski definition) is 1. The van der Waals surface area contributed by atoms with Gasteiger partial charge in [0, 0.05) is 6.04 Å². The largest absolute Gasteiger partial charge is 0.313 e. The van der Waals surface area contributed by atoms with Crippen molar-refractivity contribution in [3.63, 3.8) is 0 Å². The molecule has 1 aliphatic carbocycles. The quantitative estimate of drug-likeness (QED) is 0.799. The summed E-state index contributed by atoms with van der Waals surface area (Å²) in [6.07, 6.45) is 2.36. The summed E-state index contributed by atoms with van der Waals surface area (Å²) in [5.74, 6) is 0.767. The van der Waals surface area contributed by atoms with Crippen molar-refractivity contribution in [3.05, 3.63) is 35.4 Å². The molecule has 1 unspecified atom stereocenters. The highest BCUT2D eigenvalue weighted by molar-refractivity contribution is 5.24. The fourth-order valence-electron chi connectivity index (χ4n) is 3.87. The van der Waals surface area contributed by atoms with E-state index in [1.54, 1.807) is 0 Å². The minimum atomic E-state index is 0.448. The predicted octanol–water partition coefficient (Wildman–Crippen LogP) is 4.59. The zero-order chi connectivity index (χ0) is 15.0. The molecule has 1 fully saturated rings. The highest BCUT2D eigenvalue weighted by Gasteiger charge is 2.66. The fourth-order valence-corrected chi connectivity index (χ4v) is 3.87. The van der Waals surface area contributed by atoms with E-state index in [-0.39, 0.29) is 0 Å². The fraction of sp³-hybridized carbons (Fsp3) is 0.684. The van der Waals surface area contributed by atoms with Gasteiger partial charge in [0.05, 0.1) is 0 Å². The van der Waals surface area contributed by atoms with Crippen LogP contribution in [0.3, 0.4) is 0 Å². The zero-order valence-electron chi connectivity index (χ0n) is 14.1.